The molecule has 8 heteroatoms. The number of nitro groups is 1. The number of non-ortho nitro benzene ring substituents is 1. The number of rotatable bonds is 3. The molecule has 122 valence electrons. The molecule has 0 aliphatic carbocycles. The zero-order valence-corrected chi connectivity index (χ0v) is 12.1. The lowest BCUT2D eigenvalue weighted by Gasteiger charge is -2.09. The third kappa shape index (κ3) is 2.98. The molecular weight excluding hydrogens is 323 g/mol. The molecular formula is C16H10F3N3O2. The fourth-order valence-electron chi connectivity index (χ4n) is 2.25. The zero-order valence-electron chi connectivity index (χ0n) is 12.1. The van der Waals surface area contributed by atoms with E-state index in [1.807, 2.05) is 0 Å². The number of hydrogen-bond acceptors (Lipinski definition) is 3. The largest absolute Gasteiger partial charge is 0.433 e. The van der Waals surface area contributed by atoms with E-state index < -0.39 is 16.8 Å². The molecule has 0 N–H and O–H groups in total. The van der Waals surface area contributed by atoms with Crippen molar-refractivity contribution in [3.8, 4) is 16.9 Å². The van der Waals surface area contributed by atoms with Gasteiger partial charge in [-0.25, -0.2) is 4.68 Å². The third-order valence-electron chi connectivity index (χ3n) is 3.37. The van der Waals surface area contributed by atoms with Gasteiger partial charge in [0.15, 0.2) is 0 Å². The van der Waals surface area contributed by atoms with Crippen LogP contribution in [0.2, 0.25) is 0 Å². The minimum Gasteiger partial charge on any atom is -0.258 e. The number of hydrogen-bond donors (Lipinski definition) is 0. The smallest absolute Gasteiger partial charge is 0.258 e. The van der Waals surface area contributed by atoms with Gasteiger partial charge >= 0.3 is 6.18 Å². The summed E-state index contributed by atoms with van der Waals surface area (Å²) in [6.07, 6.45) is -4.61. The maximum Gasteiger partial charge on any atom is 0.433 e. The molecule has 1 heterocycles. The Hall–Kier alpha value is -3.16. The van der Waals surface area contributed by atoms with E-state index in [0.29, 0.717) is 5.56 Å². The van der Waals surface area contributed by atoms with Gasteiger partial charge in [0, 0.05) is 17.7 Å². The Labute approximate surface area is 134 Å². The highest BCUT2D eigenvalue weighted by Crippen LogP contribution is 2.34. The van der Waals surface area contributed by atoms with Gasteiger partial charge in [0.25, 0.3) is 5.69 Å². The van der Waals surface area contributed by atoms with Crippen molar-refractivity contribution in [1.29, 1.82) is 0 Å². The number of aromatic nitrogens is 2. The van der Waals surface area contributed by atoms with Crippen molar-refractivity contribution in [3.63, 3.8) is 0 Å². The lowest BCUT2D eigenvalue weighted by atomic mass is 10.1. The van der Waals surface area contributed by atoms with Gasteiger partial charge in [0.2, 0.25) is 0 Å². The minimum absolute atomic E-state index is 0.0927. The highest BCUT2D eigenvalue weighted by molar-refractivity contribution is 5.60. The summed E-state index contributed by atoms with van der Waals surface area (Å²) < 4.78 is 40.6. The van der Waals surface area contributed by atoms with Gasteiger partial charge in [0.1, 0.15) is 5.69 Å². The summed E-state index contributed by atoms with van der Waals surface area (Å²) in [5, 5.41) is 14.7. The molecule has 0 aliphatic rings. The Morgan fingerprint density at radius 1 is 1.00 bits per heavy atom. The van der Waals surface area contributed by atoms with E-state index >= 15 is 0 Å². The Balaban J connectivity index is 2.12. The second-order valence-corrected chi connectivity index (χ2v) is 4.96. The van der Waals surface area contributed by atoms with Crippen LogP contribution < -0.4 is 0 Å². The standard InChI is InChI=1S/C16H10F3N3O2/c17-16(18,19)15-10-14(11-4-2-1-3-5-11)20-21(15)12-6-8-13(9-7-12)22(23)24/h1-10H. The van der Waals surface area contributed by atoms with Crippen molar-refractivity contribution in [1.82, 2.24) is 9.78 Å². The molecule has 0 atom stereocenters. The molecule has 0 bridgehead atoms. The van der Waals surface area contributed by atoms with Gasteiger partial charge in [-0.15, -0.1) is 0 Å². The number of alkyl halides is 3. The second kappa shape index (κ2) is 5.80. The van der Waals surface area contributed by atoms with Crippen molar-refractivity contribution < 1.29 is 18.1 Å². The molecule has 0 spiro atoms. The van der Waals surface area contributed by atoms with Crippen LogP contribution in [-0.4, -0.2) is 14.7 Å². The van der Waals surface area contributed by atoms with Crippen LogP contribution in [0.4, 0.5) is 18.9 Å². The van der Waals surface area contributed by atoms with Crippen LogP contribution in [0.25, 0.3) is 16.9 Å². The van der Waals surface area contributed by atoms with Crippen molar-refractivity contribution >= 4 is 5.69 Å². The fourth-order valence-corrected chi connectivity index (χ4v) is 2.25. The van der Waals surface area contributed by atoms with Gasteiger partial charge in [0.05, 0.1) is 16.3 Å². The topological polar surface area (TPSA) is 61.0 Å². The van der Waals surface area contributed by atoms with Crippen molar-refractivity contribution in [2.24, 2.45) is 0 Å². The molecule has 0 fully saturated rings. The number of benzene rings is 2. The summed E-state index contributed by atoms with van der Waals surface area (Å²) >= 11 is 0. The SMILES string of the molecule is O=[N+]([O-])c1ccc(-n2nc(-c3ccccc3)cc2C(F)(F)F)cc1. The van der Waals surface area contributed by atoms with E-state index in [-0.39, 0.29) is 17.1 Å². The first-order valence-electron chi connectivity index (χ1n) is 6.84. The van der Waals surface area contributed by atoms with Crippen LogP contribution in [0.15, 0.2) is 60.7 Å². The Morgan fingerprint density at radius 3 is 2.17 bits per heavy atom. The normalized spacial score (nSPS) is 11.5. The second-order valence-electron chi connectivity index (χ2n) is 4.96. The van der Waals surface area contributed by atoms with Crippen LogP contribution >= 0.6 is 0 Å². The highest BCUT2D eigenvalue weighted by atomic mass is 19.4. The highest BCUT2D eigenvalue weighted by Gasteiger charge is 2.36. The maximum atomic E-state index is 13.3. The predicted octanol–water partition coefficient (Wildman–Crippen LogP) is 4.47. The molecule has 0 saturated carbocycles. The van der Waals surface area contributed by atoms with Gasteiger partial charge in [-0.2, -0.15) is 18.3 Å². The van der Waals surface area contributed by atoms with E-state index in [0.717, 1.165) is 22.9 Å². The van der Waals surface area contributed by atoms with E-state index in [4.69, 9.17) is 0 Å². The van der Waals surface area contributed by atoms with E-state index in [9.17, 15) is 23.3 Å². The molecule has 5 nitrogen and oxygen atoms in total. The first kappa shape index (κ1) is 15.7. The Bertz CT molecular complexity index is 872. The van der Waals surface area contributed by atoms with Crippen molar-refractivity contribution in [3.05, 3.63) is 76.5 Å². The molecule has 2 aromatic carbocycles. The summed E-state index contributed by atoms with van der Waals surface area (Å²) in [5.41, 5.74) is -0.349. The van der Waals surface area contributed by atoms with Crippen LogP contribution in [0.1, 0.15) is 5.69 Å². The summed E-state index contributed by atoms with van der Waals surface area (Å²) in [5.74, 6) is 0. The lowest BCUT2D eigenvalue weighted by molar-refractivity contribution is -0.384. The monoisotopic (exact) mass is 333 g/mol. The van der Waals surface area contributed by atoms with Gasteiger partial charge < -0.3 is 0 Å². The van der Waals surface area contributed by atoms with Crippen molar-refractivity contribution in [2.75, 3.05) is 0 Å². The van der Waals surface area contributed by atoms with Crippen LogP contribution in [0.3, 0.4) is 0 Å². The summed E-state index contributed by atoms with van der Waals surface area (Å²) in [7, 11) is 0. The third-order valence-corrected chi connectivity index (χ3v) is 3.37. The van der Waals surface area contributed by atoms with Gasteiger partial charge in [-0.1, -0.05) is 30.3 Å². The summed E-state index contributed by atoms with van der Waals surface area (Å²) in [4.78, 5) is 10.0. The first-order valence-corrected chi connectivity index (χ1v) is 6.84. The molecule has 1 aromatic heterocycles. The molecule has 3 aromatic rings. The van der Waals surface area contributed by atoms with Crippen molar-refractivity contribution in [2.45, 2.75) is 6.18 Å². The number of nitrogens with zero attached hydrogens (tertiary/aromatic N) is 3. The first-order chi connectivity index (χ1) is 11.4. The molecule has 0 aliphatic heterocycles. The van der Waals surface area contributed by atoms with E-state index in [2.05, 4.69) is 5.10 Å². The zero-order chi connectivity index (χ0) is 17.3. The fraction of sp³-hybridized carbons (Fsp3) is 0.0625. The summed E-state index contributed by atoms with van der Waals surface area (Å²) in [6, 6.07) is 14.2. The van der Waals surface area contributed by atoms with Crippen LogP contribution in [-0.2, 0) is 6.18 Å². The molecule has 0 amide bonds. The quantitative estimate of drug-likeness (QED) is 0.525. The molecule has 0 saturated heterocycles. The average molecular weight is 333 g/mol. The molecule has 24 heavy (non-hydrogen) atoms. The molecule has 0 unspecified atom stereocenters. The van der Waals surface area contributed by atoms with Crippen LogP contribution in [0, 0.1) is 10.1 Å². The minimum atomic E-state index is -4.61. The Morgan fingerprint density at radius 2 is 1.62 bits per heavy atom. The van der Waals surface area contributed by atoms with Crippen LogP contribution in [0.5, 0.6) is 0 Å². The molecule has 0 radical (unpaired) electrons. The van der Waals surface area contributed by atoms with Gasteiger partial charge in [-0.05, 0) is 18.2 Å². The molecule has 3 rings (SSSR count). The summed E-state index contributed by atoms with van der Waals surface area (Å²) in [6.45, 7) is 0. The average Bonchev–Trinajstić information content (AvgIpc) is 3.01. The Kier molecular flexibility index (Phi) is 3.80. The lowest BCUT2D eigenvalue weighted by Crippen LogP contribution is -2.13. The van der Waals surface area contributed by atoms with E-state index in [1.54, 1.807) is 30.3 Å². The van der Waals surface area contributed by atoms with Gasteiger partial charge in [-0.3, -0.25) is 10.1 Å². The van der Waals surface area contributed by atoms with E-state index in [1.165, 1.54) is 12.1 Å². The maximum absolute atomic E-state index is 13.3. The number of nitro benzene ring substituents is 1. The predicted molar refractivity (Wildman–Crippen MR) is 80.7 cm³/mol. The number of halogens is 3.